The summed E-state index contributed by atoms with van der Waals surface area (Å²) in [6.45, 7) is 4.09. The van der Waals surface area contributed by atoms with Crippen LogP contribution in [-0.2, 0) is 16.6 Å². The lowest BCUT2D eigenvalue weighted by atomic mass is 9.97. The molecule has 5 nitrogen and oxygen atoms in total. The standard InChI is InChI=1S/C20H27N3O2S.ClH/c1-23(15-17-10-12-21-13-11-17)16-18-6-5-7-19(14-18)22-26(24,25)20-8-3-2-4-9-20;/h2-9,14,17,21-22H,10-13,15-16H2,1H3;1H. The summed E-state index contributed by atoms with van der Waals surface area (Å²) in [5.74, 6) is 0.737. The van der Waals surface area contributed by atoms with E-state index >= 15 is 0 Å². The summed E-state index contributed by atoms with van der Waals surface area (Å²) in [7, 11) is -1.42. The molecule has 0 unspecified atom stereocenters. The van der Waals surface area contributed by atoms with E-state index in [1.165, 1.54) is 12.8 Å². The number of hydrogen-bond acceptors (Lipinski definition) is 4. The van der Waals surface area contributed by atoms with Gasteiger partial charge in [-0.1, -0.05) is 30.3 Å². The molecule has 2 N–H and O–H groups in total. The van der Waals surface area contributed by atoms with Crippen molar-refractivity contribution in [1.82, 2.24) is 10.2 Å². The van der Waals surface area contributed by atoms with Gasteiger partial charge in [-0.15, -0.1) is 12.4 Å². The fraction of sp³-hybridized carbons (Fsp3) is 0.400. The maximum atomic E-state index is 12.5. The molecule has 27 heavy (non-hydrogen) atoms. The van der Waals surface area contributed by atoms with Gasteiger partial charge in [-0.05, 0) is 68.7 Å². The largest absolute Gasteiger partial charge is 0.317 e. The summed E-state index contributed by atoms with van der Waals surface area (Å²) in [5, 5.41) is 3.40. The first kappa shape index (κ1) is 21.7. The van der Waals surface area contributed by atoms with E-state index in [-0.39, 0.29) is 17.3 Å². The number of piperidine rings is 1. The van der Waals surface area contributed by atoms with E-state index in [9.17, 15) is 8.42 Å². The van der Waals surface area contributed by atoms with Crippen molar-refractivity contribution in [2.75, 3.05) is 31.4 Å². The van der Waals surface area contributed by atoms with Crippen molar-refractivity contribution in [2.24, 2.45) is 5.92 Å². The Morgan fingerprint density at radius 2 is 1.78 bits per heavy atom. The molecule has 0 aromatic heterocycles. The molecule has 1 fully saturated rings. The van der Waals surface area contributed by atoms with Crippen LogP contribution in [0, 0.1) is 5.92 Å². The molecule has 0 spiro atoms. The zero-order valence-electron chi connectivity index (χ0n) is 15.6. The van der Waals surface area contributed by atoms with E-state index in [1.54, 1.807) is 36.4 Å². The number of benzene rings is 2. The van der Waals surface area contributed by atoms with E-state index in [2.05, 4.69) is 22.0 Å². The molecule has 2 aromatic carbocycles. The molecule has 1 aliphatic rings. The van der Waals surface area contributed by atoms with Crippen molar-refractivity contribution in [2.45, 2.75) is 24.3 Å². The Bertz CT molecular complexity index is 809. The molecule has 0 aliphatic carbocycles. The summed E-state index contributed by atoms with van der Waals surface area (Å²) >= 11 is 0. The van der Waals surface area contributed by atoms with Gasteiger partial charge >= 0.3 is 0 Å². The highest BCUT2D eigenvalue weighted by atomic mass is 35.5. The van der Waals surface area contributed by atoms with E-state index in [1.807, 2.05) is 18.2 Å². The Morgan fingerprint density at radius 3 is 2.48 bits per heavy atom. The average Bonchev–Trinajstić information content (AvgIpc) is 2.63. The molecular weight excluding hydrogens is 382 g/mol. The van der Waals surface area contributed by atoms with E-state index < -0.39 is 10.0 Å². The quantitative estimate of drug-likeness (QED) is 0.736. The summed E-state index contributed by atoms with van der Waals surface area (Å²) in [6, 6.07) is 16.1. The normalized spacial score (nSPS) is 15.3. The zero-order valence-corrected chi connectivity index (χ0v) is 17.2. The van der Waals surface area contributed by atoms with Crippen LogP contribution in [0.4, 0.5) is 5.69 Å². The van der Waals surface area contributed by atoms with Crippen LogP contribution in [0.3, 0.4) is 0 Å². The van der Waals surface area contributed by atoms with Crippen LogP contribution in [0.5, 0.6) is 0 Å². The first-order chi connectivity index (χ1) is 12.5. The molecule has 0 atom stereocenters. The third kappa shape index (κ3) is 6.50. The van der Waals surface area contributed by atoms with Gasteiger partial charge in [0.05, 0.1) is 4.90 Å². The third-order valence-electron chi connectivity index (χ3n) is 4.71. The Kier molecular flexibility index (Phi) is 8.10. The summed E-state index contributed by atoms with van der Waals surface area (Å²) in [4.78, 5) is 2.59. The zero-order chi connectivity index (χ0) is 18.4. The van der Waals surface area contributed by atoms with Crippen LogP contribution in [0.25, 0.3) is 0 Å². The fourth-order valence-electron chi connectivity index (χ4n) is 3.43. The molecule has 0 bridgehead atoms. The van der Waals surface area contributed by atoms with Crippen LogP contribution in [0.15, 0.2) is 59.5 Å². The van der Waals surface area contributed by atoms with Crippen molar-refractivity contribution in [3.63, 3.8) is 0 Å². The highest BCUT2D eigenvalue weighted by Gasteiger charge is 2.16. The van der Waals surface area contributed by atoms with Gasteiger partial charge in [0.2, 0.25) is 0 Å². The molecule has 1 aliphatic heterocycles. The number of nitrogens with one attached hydrogen (secondary N) is 2. The van der Waals surface area contributed by atoms with Crippen molar-refractivity contribution >= 4 is 28.1 Å². The molecule has 2 aromatic rings. The monoisotopic (exact) mass is 409 g/mol. The second-order valence-electron chi connectivity index (χ2n) is 7.01. The summed E-state index contributed by atoms with van der Waals surface area (Å²) in [6.07, 6.45) is 2.45. The number of rotatable bonds is 7. The highest BCUT2D eigenvalue weighted by Crippen LogP contribution is 2.19. The Balaban J connectivity index is 0.00000261. The number of anilines is 1. The van der Waals surface area contributed by atoms with Crippen molar-refractivity contribution in [3.05, 3.63) is 60.2 Å². The molecule has 0 saturated carbocycles. The highest BCUT2D eigenvalue weighted by molar-refractivity contribution is 7.92. The van der Waals surface area contributed by atoms with Crippen LogP contribution in [0.2, 0.25) is 0 Å². The van der Waals surface area contributed by atoms with Crippen LogP contribution in [-0.4, -0.2) is 40.0 Å². The van der Waals surface area contributed by atoms with Gasteiger partial charge < -0.3 is 10.2 Å². The lowest BCUT2D eigenvalue weighted by Crippen LogP contribution is -2.34. The van der Waals surface area contributed by atoms with Crippen LogP contribution < -0.4 is 10.0 Å². The van der Waals surface area contributed by atoms with Gasteiger partial charge in [0.1, 0.15) is 0 Å². The average molecular weight is 410 g/mol. The first-order valence-electron chi connectivity index (χ1n) is 9.09. The number of halogens is 1. The SMILES string of the molecule is CN(Cc1cccc(NS(=O)(=O)c2ccccc2)c1)CC1CCNCC1.Cl. The van der Waals surface area contributed by atoms with Crippen molar-refractivity contribution in [1.29, 1.82) is 0 Å². The molecule has 3 rings (SSSR count). The van der Waals surface area contributed by atoms with E-state index in [0.29, 0.717) is 5.69 Å². The Labute approximate surface area is 168 Å². The van der Waals surface area contributed by atoms with Gasteiger partial charge in [-0.2, -0.15) is 0 Å². The number of hydrogen-bond donors (Lipinski definition) is 2. The molecule has 148 valence electrons. The second-order valence-corrected chi connectivity index (χ2v) is 8.69. The first-order valence-corrected chi connectivity index (χ1v) is 10.6. The van der Waals surface area contributed by atoms with Gasteiger partial charge in [-0.3, -0.25) is 4.72 Å². The molecule has 7 heteroatoms. The molecule has 0 radical (unpaired) electrons. The minimum Gasteiger partial charge on any atom is -0.317 e. The predicted molar refractivity (Wildman–Crippen MR) is 113 cm³/mol. The lowest BCUT2D eigenvalue weighted by molar-refractivity contribution is 0.234. The Hall–Kier alpha value is -1.60. The topological polar surface area (TPSA) is 61.4 Å². The van der Waals surface area contributed by atoms with Gasteiger partial charge in [-0.25, -0.2) is 8.42 Å². The molecule has 0 amide bonds. The third-order valence-corrected chi connectivity index (χ3v) is 6.11. The number of nitrogens with zero attached hydrogens (tertiary/aromatic N) is 1. The maximum Gasteiger partial charge on any atom is 0.261 e. The summed E-state index contributed by atoms with van der Waals surface area (Å²) < 4.78 is 27.6. The fourth-order valence-corrected chi connectivity index (χ4v) is 4.50. The molecular formula is C20H28ClN3O2S. The van der Waals surface area contributed by atoms with E-state index in [0.717, 1.165) is 37.7 Å². The minimum atomic E-state index is -3.55. The van der Waals surface area contributed by atoms with Crippen molar-refractivity contribution in [3.8, 4) is 0 Å². The molecule has 1 heterocycles. The van der Waals surface area contributed by atoms with Crippen LogP contribution >= 0.6 is 12.4 Å². The van der Waals surface area contributed by atoms with Gasteiger partial charge in [0.15, 0.2) is 0 Å². The van der Waals surface area contributed by atoms with Crippen LogP contribution in [0.1, 0.15) is 18.4 Å². The van der Waals surface area contributed by atoms with E-state index in [4.69, 9.17) is 0 Å². The Morgan fingerprint density at radius 1 is 1.07 bits per heavy atom. The van der Waals surface area contributed by atoms with Gasteiger partial charge in [0.25, 0.3) is 10.0 Å². The number of sulfonamides is 1. The predicted octanol–water partition coefficient (Wildman–Crippen LogP) is 3.34. The second kappa shape index (κ2) is 10.1. The lowest BCUT2D eigenvalue weighted by Gasteiger charge is -2.27. The molecule has 1 saturated heterocycles. The van der Waals surface area contributed by atoms with Gasteiger partial charge in [0, 0.05) is 18.8 Å². The summed E-state index contributed by atoms with van der Waals surface area (Å²) in [5.41, 5.74) is 1.70. The maximum absolute atomic E-state index is 12.5. The minimum absolute atomic E-state index is 0. The smallest absolute Gasteiger partial charge is 0.261 e. The van der Waals surface area contributed by atoms with Crippen molar-refractivity contribution < 1.29 is 8.42 Å².